The van der Waals surface area contributed by atoms with Gasteiger partial charge in [-0.15, -0.1) is 0 Å². The summed E-state index contributed by atoms with van der Waals surface area (Å²) >= 11 is 0. The molecule has 0 bridgehead atoms. The molecule has 0 aromatic heterocycles. The zero-order valence-corrected chi connectivity index (χ0v) is 9.67. The van der Waals surface area contributed by atoms with E-state index in [-0.39, 0.29) is 25.0 Å². The third kappa shape index (κ3) is 2.60. The standard InChI is InChI=1S/C11H20N2O4/c14-5-8-10(16)9(15)7(13-8)4-12-11(17)6-2-1-3-6/h6-10,13-16H,1-5H2,(H,12,17)/t7-,8-,9-,10-/m1/s1. The van der Waals surface area contributed by atoms with E-state index in [1.807, 2.05) is 0 Å². The molecule has 4 atom stereocenters. The summed E-state index contributed by atoms with van der Waals surface area (Å²) in [6.07, 6.45) is 1.05. The molecule has 0 unspecified atom stereocenters. The van der Waals surface area contributed by atoms with Gasteiger partial charge in [-0.3, -0.25) is 4.79 Å². The highest BCUT2D eigenvalue weighted by molar-refractivity contribution is 5.79. The molecule has 1 aliphatic carbocycles. The molecule has 17 heavy (non-hydrogen) atoms. The summed E-state index contributed by atoms with van der Waals surface area (Å²) in [5.41, 5.74) is 0. The third-order valence-corrected chi connectivity index (χ3v) is 3.77. The van der Waals surface area contributed by atoms with Crippen molar-refractivity contribution in [3.63, 3.8) is 0 Å². The summed E-state index contributed by atoms with van der Waals surface area (Å²) in [4.78, 5) is 11.6. The van der Waals surface area contributed by atoms with Gasteiger partial charge in [-0.25, -0.2) is 0 Å². The molecule has 2 aliphatic rings. The maximum absolute atomic E-state index is 11.6. The lowest BCUT2D eigenvalue weighted by Crippen LogP contribution is -2.46. The van der Waals surface area contributed by atoms with Gasteiger partial charge in [0.25, 0.3) is 0 Å². The molecule has 1 amide bonds. The molecule has 6 heteroatoms. The second kappa shape index (κ2) is 5.30. The van der Waals surface area contributed by atoms with Crippen LogP contribution in [0.5, 0.6) is 0 Å². The number of hydrogen-bond acceptors (Lipinski definition) is 5. The van der Waals surface area contributed by atoms with E-state index in [0.717, 1.165) is 19.3 Å². The summed E-state index contributed by atoms with van der Waals surface area (Å²) < 4.78 is 0. The molecular formula is C11H20N2O4. The largest absolute Gasteiger partial charge is 0.395 e. The molecule has 1 heterocycles. The maximum atomic E-state index is 11.6. The normalized spacial score (nSPS) is 37.8. The van der Waals surface area contributed by atoms with Gasteiger partial charge in [-0.05, 0) is 12.8 Å². The smallest absolute Gasteiger partial charge is 0.223 e. The minimum Gasteiger partial charge on any atom is -0.395 e. The van der Waals surface area contributed by atoms with Crippen molar-refractivity contribution >= 4 is 5.91 Å². The first-order valence-electron chi connectivity index (χ1n) is 6.14. The van der Waals surface area contributed by atoms with E-state index in [1.54, 1.807) is 0 Å². The van der Waals surface area contributed by atoms with Crippen molar-refractivity contribution in [2.75, 3.05) is 13.2 Å². The van der Waals surface area contributed by atoms with Crippen molar-refractivity contribution in [1.82, 2.24) is 10.6 Å². The Balaban J connectivity index is 1.77. The van der Waals surface area contributed by atoms with Crippen LogP contribution < -0.4 is 10.6 Å². The molecule has 1 aliphatic heterocycles. The summed E-state index contributed by atoms with van der Waals surface area (Å²) in [5.74, 6) is 0.138. The van der Waals surface area contributed by atoms with Gasteiger partial charge in [0.2, 0.25) is 5.91 Å². The number of amides is 1. The molecule has 1 saturated heterocycles. The molecule has 0 aromatic rings. The molecule has 98 valence electrons. The fraction of sp³-hybridized carbons (Fsp3) is 0.909. The molecule has 2 fully saturated rings. The predicted octanol–water partition coefficient (Wildman–Crippen LogP) is -2.04. The number of nitrogens with one attached hydrogen (secondary N) is 2. The van der Waals surface area contributed by atoms with Crippen LogP contribution in [0.2, 0.25) is 0 Å². The molecular weight excluding hydrogens is 224 g/mol. The molecule has 0 spiro atoms. The van der Waals surface area contributed by atoms with Gasteiger partial charge in [-0.2, -0.15) is 0 Å². The first-order chi connectivity index (χ1) is 8.13. The number of carbonyl (C=O) groups excluding carboxylic acids is 1. The highest BCUT2D eigenvalue weighted by Crippen LogP contribution is 2.26. The topological polar surface area (TPSA) is 102 Å². The van der Waals surface area contributed by atoms with Crippen LogP contribution in [0, 0.1) is 5.92 Å². The highest BCUT2D eigenvalue weighted by Gasteiger charge is 2.40. The van der Waals surface area contributed by atoms with Crippen molar-refractivity contribution in [3.05, 3.63) is 0 Å². The number of rotatable bonds is 4. The van der Waals surface area contributed by atoms with Gasteiger partial charge < -0.3 is 26.0 Å². The van der Waals surface area contributed by atoms with E-state index in [2.05, 4.69) is 10.6 Å². The average molecular weight is 244 g/mol. The van der Waals surface area contributed by atoms with Crippen LogP contribution in [0.15, 0.2) is 0 Å². The Kier molecular flexibility index (Phi) is 3.98. The second-order valence-electron chi connectivity index (χ2n) is 4.92. The molecule has 1 saturated carbocycles. The highest BCUT2D eigenvalue weighted by atomic mass is 16.3. The Hall–Kier alpha value is -0.690. The molecule has 2 rings (SSSR count). The Morgan fingerprint density at radius 3 is 2.35 bits per heavy atom. The first kappa shape index (κ1) is 12.8. The van der Waals surface area contributed by atoms with E-state index < -0.39 is 24.3 Å². The summed E-state index contributed by atoms with van der Waals surface area (Å²) in [5, 5.41) is 33.9. The second-order valence-corrected chi connectivity index (χ2v) is 4.92. The van der Waals surface area contributed by atoms with E-state index >= 15 is 0 Å². The third-order valence-electron chi connectivity index (χ3n) is 3.77. The number of aliphatic hydroxyl groups excluding tert-OH is 3. The van der Waals surface area contributed by atoms with E-state index in [0.29, 0.717) is 0 Å². The monoisotopic (exact) mass is 244 g/mol. The fourth-order valence-electron chi connectivity index (χ4n) is 2.31. The zero-order chi connectivity index (χ0) is 12.4. The van der Waals surface area contributed by atoms with Crippen LogP contribution in [-0.2, 0) is 4.79 Å². The van der Waals surface area contributed by atoms with Crippen LogP contribution >= 0.6 is 0 Å². The minimum atomic E-state index is -0.981. The lowest BCUT2D eigenvalue weighted by Gasteiger charge is -2.25. The van der Waals surface area contributed by atoms with Gasteiger partial charge in [0.1, 0.15) is 0 Å². The Morgan fingerprint density at radius 2 is 1.88 bits per heavy atom. The van der Waals surface area contributed by atoms with Crippen LogP contribution in [0.4, 0.5) is 0 Å². The molecule has 0 aromatic carbocycles. The Bertz CT molecular complexity index is 283. The van der Waals surface area contributed by atoms with Crippen LogP contribution in [0.3, 0.4) is 0 Å². The number of aliphatic hydroxyl groups is 3. The number of hydrogen-bond donors (Lipinski definition) is 5. The van der Waals surface area contributed by atoms with Crippen molar-refractivity contribution < 1.29 is 20.1 Å². The van der Waals surface area contributed by atoms with Gasteiger partial charge in [-0.1, -0.05) is 6.42 Å². The average Bonchev–Trinajstić information content (AvgIpc) is 2.51. The SMILES string of the molecule is O=C(NC[C@H]1N[C@H](CO)[C@@H](O)[C@@H]1O)C1CCC1. The van der Waals surface area contributed by atoms with Gasteiger partial charge in [0, 0.05) is 12.5 Å². The van der Waals surface area contributed by atoms with Crippen molar-refractivity contribution in [1.29, 1.82) is 0 Å². The van der Waals surface area contributed by atoms with Crippen LogP contribution in [0.1, 0.15) is 19.3 Å². The van der Waals surface area contributed by atoms with Gasteiger partial charge in [0.05, 0.1) is 30.9 Å². The fourth-order valence-corrected chi connectivity index (χ4v) is 2.31. The Labute approximate surface area is 100 Å². The van der Waals surface area contributed by atoms with E-state index in [9.17, 15) is 15.0 Å². The lowest BCUT2D eigenvalue weighted by atomic mass is 9.85. The van der Waals surface area contributed by atoms with Crippen molar-refractivity contribution in [2.24, 2.45) is 5.92 Å². The number of carbonyl (C=O) groups is 1. The van der Waals surface area contributed by atoms with E-state index in [1.165, 1.54) is 0 Å². The van der Waals surface area contributed by atoms with Gasteiger partial charge >= 0.3 is 0 Å². The zero-order valence-electron chi connectivity index (χ0n) is 9.67. The summed E-state index contributed by atoms with van der Waals surface area (Å²) in [6.45, 7) is 0.0510. The van der Waals surface area contributed by atoms with Crippen molar-refractivity contribution in [3.8, 4) is 0 Å². The van der Waals surface area contributed by atoms with Crippen molar-refractivity contribution in [2.45, 2.75) is 43.6 Å². The van der Waals surface area contributed by atoms with Crippen LogP contribution in [0.25, 0.3) is 0 Å². The Morgan fingerprint density at radius 1 is 1.24 bits per heavy atom. The molecule has 6 nitrogen and oxygen atoms in total. The lowest BCUT2D eigenvalue weighted by molar-refractivity contribution is -0.127. The quantitative estimate of drug-likeness (QED) is 0.392. The summed E-state index contributed by atoms with van der Waals surface area (Å²) in [6, 6.07) is -0.915. The molecule has 0 radical (unpaired) electrons. The van der Waals surface area contributed by atoms with Gasteiger partial charge in [0.15, 0.2) is 0 Å². The van der Waals surface area contributed by atoms with Crippen LogP contribution in [-0.4, -0.2) is 58.7 Å². The molecule has 5 N–H and O–H groups in total. The predicted molar refractivity (Wildman–Crippen MR) is 60.2 cm³/mol. The minimum absolute atomic E-state index is 0.0205. The van der Waals surface area contributed by atoms with E-state index in [4.69, 9.17) is 5.11 Å². The maximum Gasteiger partial charge on any atom is 0.223 e. The summed E-state index contributed by atoms with van der Waals surface area (Å²) in [7, 11) is 0. The first-order valence-corrected chi connectivity index (χ1v) is 6.14.